The zero-order valence-electron chi connectivity index (χ0n) is 24.3. The lowest BCUT2D eigenvalue weighted by molar-refractivity contribution is -0.137. The fourth-order valence-electron chi connectivity index (χ4n) is 5.84. The number of hydrogen-bond donors (Lipinski definition) is 1. The van der Waals surface area contributed by atoms with Crippen molar-refractivity contribution in [3.8, 4) is 11.5 Å². The number of carbonyl (C=O) groups is 3. The lowest BCUT2D eigenvalue weighted by Crippen LogP contribution is -2.51. The van der Waals surface area contributed by atoms with Crippen LogP contribution in [0.4, 0.5) is 10.5 Å². The van der Waals surface area contributed by atoms with Crippen molar-refractivity contribution in [1.29, 1.82) is 0 Å². The Hall–Kier alpha value is -3.40. The molecule has 9 nitrogen and oxygen atoms in total. The SMILES string of the molecule is COc1ccc(C2SC(CC(=O)N3CCC(N4Cc5ccccc5NC4=O)CC3)C(=O)N2CCC(C)C)cc1OC. The lowest BCUT2D eigenvalue weighted by atomic mass is 10.0. The minimum Gasteiger partial charge on any atom is -0.493 e. The van der Waals surface area contributed by atoms with Crippen LogP contribution in [-0.2, 0) is 16.1 Å². The summed E-state index contributed by atoms with van der Waals surface area (Å²) >= 11 is 1.55. The van der Waals surface area contributed by atoms with E-state index >= 15 is 0 Å². The Morgan fingerprint density at radius 1 is 1.05 bits per heavy atom. The van der Waals surface area contributed by atoms with Gasteiger partial charge in [-0.1, -0.05) is 38.1 Å². The minimum atomic E-state index is -0.435. The molecule has 0 aromatic heterocycles. The van der Waals surface area contributed by atoms with Gasteiger partial charge < -0.3 is 29.5 Å². The van der Waals surface area contributed by atoms with Crippen LogP contribution in [0.5, 0.6) is 11.5 Å². The van der Waals surface area contributed by atoms with E-state index in [-0.39, 0.29) is 35.7 Å². The molecule has 3 aliphatic rings. The number of anilines is 1. The van der Waals surface area contributed by atoms with E-state index in [1.807, 2.05) is 57.2 Å². The molecule has 1 N–H and O–H groups in total. The van der Waals surface area contributed by atoms with Crippen molar-refractivity contribution in [2.75, 3.05) is 39.2 Å². The molecule has 5 rings (SSSR count). The van der Waals surface area contributed by atoms with Crippen molar-refractivity contribution in [1.82, 2.24) is 14.7 Å². The first-order valence-corrected chi connectivity index (χ1v) is 15.3. The molecule has 41 heavy (non-hydrogen) atoms. The molecule has 0 spiro atoms. The highest BCUT2D eigenvalue weighted by molar-refractivity contribution is 8.01. The van der Waals surface area contributed by atoms with E-state index in [4.69, 9.17) is 9.47 Å². The van der Waals surface area contributed by atoms with Crippen LogP contribution in [0.2, 0.25) is 0 Å². The predicted molar refractivity (Wildman–Crippen MR) is 160 cm³/mol. The van der Waals surface area contributed by atoms with Crippen LogP contribution in [-0.4, -0.2) is 77.7 Å². The maximum atomic E-state index is 13.6. The number of urea groups is 1. The number of thioether (sulfide) groups is 1. The Morgan fingerprint density at radius 2 is 1.78 bits per heavy atom. The zero-order valence-corrected chi connectivity index (χ0v) is 25.1. The summed E-state index contributed by atoms with van der Waals surface area (Å²) in [6.45, 7) is 6.68. The van der Waals surface area contributed by atoms with Crippen molar-refractivity contribution < 1.29 is 23.9 Å². The van der Waals surface area contributed by atoms with Gasteiger partial charge in [0.05, 0.1) is 19.5 Å². The highest BCUT2D eigenvalue weighted by Gasteiger charge is 2.43. The second-order valence-electron chi connectivity index (χ2n) is 11.3. The number of nitrogens with zero attached hydrogens (tertiary/aromatic N) is 3. The summed E-state index contributed by atoms with van der Waals surface area (Å²) in [5.41, 5.74) is 2.93. The molecular weight excluding hydrogens is 540 g/mol. The molecule has 3 heterocycles. The molecule has 0 aliphatic carbocycles. The summed E-state index contributed by atoms with van der Waals surface area (Å²) in [6, 6.07) is 13.6. The highest BCUT2D eigenvalue weighted by Crippen LogP contribution is 2.46. The van der Waals surface area contributed by atoms with E-state index < -0.39 is 5.25 Å². The van der Waals surface area contributed by atoms with E-state index in [1.54, 1.807) is 26.0 Å². The van der Waals surface area contributed by atoms with E-state index in [0.29, 0.717) is 43.6 Å². The summed E-state index contributed by atoms with van der Waals surface area (Å²) < 4.78 is 10.9. The van der Waals surface area contributed by atoms with Crippen molar-refractivity contribution in [2.45, 2.75) is 62.7 Å². The van der Waals surface area contributed by atoms with E-state index in [1.165, 1.54) is 0 Å². The number of hydrogen-bond acceptors (Lipinski definition) is 6. The third kappa shape index (κ3) is 6.27. The summed E-state index contributed by atoms with van der Waals surface area (Å²) in [4.78, 5) is 45.5. The summed E-state index contributed by atoms with van der Waals surface area (Å²) in [6.07, 6.45) is 2.51. The topological polar surface area (TPSA) is 91.4 Å². The van der Waals surface area contributed by atoms with Crippen molar-refractivity contribution in [3.63, 3.8) is 0 Å². The largest absolute Gasteiger partial charge is 0.493 e. The predicted octanol–water partition coefficient (Wildman–Crippen LogP) is 5.12. The van der Waals surface area contributed by atoms with E-state index in [9.17, 15) is 14.4 Å². The van der Waals surface area contributed by atoms with Gasteiger partial charge in [0, 0.05) is 44.3 Å². The van der Waals surface area contributed by atoms with Gasteiger partial charge in [-0.2, -0.15) is 0 Å². The molecule has 3 aliphatic heterocycles. The van der Waals surface area contributed by atoms with Crippen LogP contribution in [0.25, 0.3) is 0 Å². The highest BCUT2D eigenvalue weighted by atomic mass is 32.2. The number of amides is 4. The maximum Gasteiger partial charge on any atom is 0.322 e. The Labute approximate surface area is 246 Å². The molecule has 220 valence electrons. The number of ether oxygens (including phenoxy) is 2. The summed E-state index contributed by atoms with van der Waals surface area (Å²) in [5.74, 6) is 1.73. The van der Waals surface area contributed by atoms with Gasteiger partial charge >= 0.3 is 6.03 Å². The first-order chi connectivity index (χ1) is 19.8. The molecule has 10 heteroatoms. The van der Waals surface area contributed by atoms with Gasteiger partial charge in [0.2, 0.25) is 11.8 Å². The Morgan fingerprint density at radius 3 is 2.49 bits per heavy atom. The molecule has 0 bridgehead atoms. The first kappa shape index (κ1) is 29.1. The number of rotatable bonds is 9. The van der Waals surface area contributed by atoms with Crippen LogP contribution in [0, 0.1) is 5.92 Å². The number of nitrogens with one attached hydrogen (secondary N) is 1. The number of carbonyl (C=O) groups excluding carboxylic acids is 3. The Bertz CT molecular complexity index is 1280. The molecule has 2 saturated heterocycles. The van der Waals surface area contributed by atoms with Gasteiger partial charge in [-0.3, -0.25) is 9.59 Å². The maximum absolute atomic E-state index is 13.6. The monoisotopic (exact) mass is 580 g/mol. The van der Waals surface area contributed by atoms with Crippen molar-refractivity contribution in [2.24, 2.45) is 5.92 Å². The molecule has 2 unspecified atom stereocenters. The number of para-hydroxylation sites is 1. The van der Waals surface area contributed by atoms with Crippen LogP contribution >= 0.6 is 11.8 Å². The molecule has 2 fully saturated rings. The van der Waals surface area contributed by atoms with E-state index in [0.717, 1.165) is 36.1 Å². The average molecular weight is 581 g/mol. The van der Waals surface area contributed by atoms with Gasteiger partial charge in [-0.05, 0) is 54.5 Å². The quantitative estimate of drug-likeness (QED) is 0.443. The number of fused-ring (bicyclic) bond motifs is 1. The average Bonchev–Trinajstić information content (AvgIpc) is 3.29. The molecule has 0 saturated carbocycles. The van der Waals surface area contributed by atoms with Gasteiger partial charge in [0.25, 0.3) is 0 Å². The van der Waals surface area contributed by atoms with Gasteiger partial charge in [-0.25, -0.2) is 4.79 Å². The third-order valence-electron chi connectivity index (χ3n) is 8.25. The van der Waals surface area contributed by atoms with Crippen LogP contribution in [0.1, 0.15) is 56.0 Å². The number of piperidine rings is 1. The van der Waals surface area contributed by atoms with Crippen molar-refractivity contribution in [3.05, 3.63) is 53.6 Å². The van der Waals surface area contributed by atoms with Crippen LogP contribution in [0.15, 0.2) is 42.5 Å². The van der Waals surface area contributed by atoms with Crippen LogP contribution < -0.4 is 14.8 Å². The standard InChI is InChI=1S/C31H40N4O5S/c1-20(2)11-16-34-29(37)27(41-30(34)21-9-10-25(39-3)26(17-21)40-4)18-28(36)33-14-12-23(13-15-33)35-19-22-7-5-6-8-24(22)32-31(35)38/h5-10,17,20,23,27,30H,11-16,18-19H2,1-4H3,(H,32,38). The van der Waals surface area contributed by atoms with Gasteiger partial charge in [0.1, 0.15) is 5.37 Å². The number of benzene rings is 2. The first-order valence-electron chi connectivity index (χ1n) is 14.4. The van der Waals surface area contributed by atoms with Gasteiger partial charge in [0.15, 0.2) is 11.5 Å². The van der Waals surface area contributed by atoms with E-state index in [2.05, 4.69) is 19.2 Å². The lowest BCUT2D eigenvalue weighted by Gasteiger charge is -2.40. The third-order valence-corrected chi connectivity index (χ3v) is 9.73. The van der Waals surface area contributed by atoms with Crippen molar-refractivity contribution >= 4 is 35.3 Å². The normalized spacial score (nSPS) is 21.2. The zero-order chi connectivity index (χ0) is 29.1. The minimum absolute atomic E-state index is 0.000452. The smallest absolute Gasteiger partial charge is 0.322 e. The number of methoxy groups -OCH3 is 2. The number of likely N-dealkylation sites (tertiary alicyclic amines) is 1. The molecular formula is C31H40N4O5S. The molecule has 0 radical (unpaired) electrons. The fourth-order valence-corrected chi connectivity index (χ4v) is 7.31. The second kappa shape index (κ2) is 12.6. The van der Waals surface area contributed by atoms with Crippen LogP contribution in [0.3, 0.4) is 0 Å². The molecule has 2 aromatic carbocycles. The molecule has 2 atom stereocenters. The molecule has 4 amide bonds. The fraction of sp³-hybridized carbons (Fsp3) is 0.516. The second-order valence-corrected chi connectivity index (χ2v) is 12.6. The molecule has 2 aromatic rings. The summed E-state index contributed by atoms with van der Waals surface area (Å²) in [7, 11) is 3.21. The van der Waals surface area contributed by atoms with Gasteiger partial charge in [-0.15, -0.1) is 11.8 Å². The Balaban J connectivity index is 1.22. The summed E-state index contributed by atoms with van der Waals surface area (Å²) in [5, 5.41) is 2.37. The Kier molecular flexibility index (Phi) is 8.97.